The number of likely N-dealkylation sites (tertiary alicyclic amines) is 1. The molecule has 2 heterocycles. The van der Waals surface area contributed by atoms with E-state index in [9.17, 15) is 4.79 Å². The second-order valence-corrected chi connectivity index (χ2v) is 6.41. The van der Waals surface area contributed by atoms with Gasteiger partial charge in [-0.25, -0.2) is 4.79 Å². The van der Waals surface area contributed by atoms with E-state index in [1.54, 1.807) is 20.3 Å². The van der Waals surface area contributed by atoms with Crippen molar-refractivity contribution in [1.29, 1.82) is 0 Å². The van der Waals surface area contributed by atoms with Crippen LogP contribution in [0.4, 0.5) is 4.79 Å². The first-order chi connectivity index (χ1) is 13.1. The number of carboxylic acid groups (broad SMARTS) is 1. The third-order valence-electron chi connectivity index (χ3n) is 4.67. The lowest BCUT2D eigenvalue weighted by Gasteiger charge is -2.29. The van der Waals surface area contributed by atoms with Gasteiger partial charge in [-0.2, -0.15) is 4.98 Å². The smallest absolute Gasteiger partial charge is 0.407 e. The molecule has 0 unspecified atom stereocenters. The Kier molecular flexibility index (Phi) is 5.95. The summed E-state index contributed by atoms with van der Waals surface area (Å²) in [6.45, 7) is 1.12. The summed E-state index contributed by atoms with van der Waals surface area (Å²) < 4.78 is 15.8. The molecule has 144 valence electrons. The van der Waals surface area contributed by atoms with Crippen molar-refractivity contribution < 1.29 is 23.9 Å². The van der Waals surface area contributed by atoms with E-state index in [0.29, 0.717) is 48.6 Å². The van der Waals surface area contributed by atoms with Crippen LogP contribution in [0, 0.1) is 5.92 Å². The molecule has 1 fully saturated rings. The molecular formula is C19H23N3O5. The van der Waals surface area contributed by atoms with Gasteiger partial charge in [-0.15, -0.1) is 0 Å². The number of rotatable bonds is 6. The Morgan fingerprint density at radius 2 is 2.00 bits per heavy atom. The molecule has 0 atom stereocenters. The maximum atomic E-state index is 11.0. The highest BCUT2D eigenvalue weighted by Crippen LogP contribution is 2.28. The average Bonchev–Trinajstić information content (AvgIpc) is 3.13. The number of carbonyl (C=O) groups is 1. The summed E-state index contributed by atoms with van der Waals surface area (Å²) in [5.74, 6) is 2.78. The number of methoxy groups -OCH3 is 2. The van der Waals surface area contributed by atoms with E-state index in [-0.39, 0.29) is 0 Å². The summed E-state index contributed by atoms with van der Waals surface area (Å²) in [7, 11) is 3.19. The lowest BCUT2D eigenvalue weighted by atomic mass is 9.93. The lowest BCUT2D eigenvalue weighted by molar-refractivity contribution is 0.124. The first-order valence-electron chi connectivity index (χ1n) is 8.79. The quantitative estimate of drug-likeness (QED) is 0.830. The number of hydrogen-bond acceptors (Lipinski definition) is 6. The van der Waals surface area contributed by atoms with E-state index in [1.165, 1.54) is 4.90 Å². The van der Waals surface area contributed by atoms with Crippen molar-refractivity contribution in [3.63, 3.8) is 0 Å². The van der Waals surface area contributed by atoms with Crippen LogP contribution in [0.5, 0.6) is 11.5 Å². The molecule has 1 aliphatic heterocycles. The van der Waals surface area contributed by atoms with Crippen molar-refractivity contribution in [2.45, 2.75) is 19.3 Å². The molecule has 0 radical (unpaired) electrons. The average molecular weight is 373 g/mol. The van der Waals surface area contributed by atoms with E-state index in [4.69, 9.17) is 19.1 Å². The van der Waals surface area contributed by atoms with Crippen molar-refractivity contribution >= 4 is 18.2 Å². The molecular weight excluding hydrogens is 350 g/mol. The molecule has 0 saturated carbocycles. The standard InChI is InChI=1S/C19H23N3O5/c1-25-15-5-3-13(11-16(15)26-2)4-6-18-20-17(21-27-18)12-14-7-9-22(10-8-14)19(23)24/h3-6,11,14H,7-10,12H2,1-2H3,(H,23,24). The summed E-state index contributed by atoms with van der Waals surface area (Å²) in [6.07, 6.45) is 5.10. The molecule has 1 aromatic heterocycles. The second kappa shape index (κ2) is 8.57. The van der Waals surface area contributed by atoms with Crippen LogP contribution in [0.15, 0.2) is 22.7 Å². The zero-order chi connectivity index (χ0) is 19.2. The van der Waals surface area contributed by atoms with E-state index < -0.39 is 6.09 Å². The molecule has 0 bridgehead atoms. The SMILES string of the molecule is COc1ccc(C=Cc2nc(CC3CCN(C(=O)O)CC3)no2)cc1OC. The maximum Gasteiger partial charge on any atom is 0.407 e. The lowest BCUT2D eigenvalue weighted by Crippen LogP contribution is -2.37. The van der Waals surface area contributed by atoms with E-state index in [1.807, 2.05) is 24.3 Å². The van der Waals surface area contributed by atoms with Gasteiger partial charge in [-0.05, 0) is 42.5 Å². The van der Waals surface area contributed by atoms with Gasteiger partial charge >= 0.3 is 6.09 Å². The van der Waals surface area contributed by atoms with Gasteiger partial charge in [-0.3, -0.25) is 0 Å². The van der Waals surface area contributed by atoms with Gasteiger partial charge in [0, 0.05) is 25.6 Å². The summed E-state index contributed by atoms with van der Waals surface area (Å²) in [6, 6.07) is 5.61. The number of nitrogens with zero attached hydrogens (tertiary/aromatic N) is 3. The summed E-state index contributed by atoms with van der Waals surface area (Å²) in [5.41, 5.74) is 0.924. The van der Waals surface area contributed by atoms with Crippen molar-refractivity contribution in [1.82, 2.24) is 15.0 Å². The Morgan fingerprint density at radius 3 is 2.67 bits per heavy atom. The van der Waals surface area contributed by atoms with Gasteiger partial charge in [0.05, 0.1) is 14.2 Å². The largest absolute Gasteiger partial charge is 0.493 e. The highest BCUT2D eigenvalue weighted by Gasteiger charge is 2.23. The topological polar surface area (TPSA) is 97.9 Å². The monoisotopic (exact) mass is 373 g/mol. The number of hydrogen-bond donors (Lipinski definition) is 1. The number of ether oxygens (including phenoxy) is 2. The van der Waals surface area contributed by atoms with Crippen LogP contribution < -0.4 is 9.47 Å². The van der Waals surface area contributed by atoms with Gasteiger partial charge < -0.3 is 24.0 Å². The fraction of sp³-hybridized carbons (Fsp3) is 0.421. The van der Waals surface area contributed by atoms with Gasteiger partial charge in [-0.1, -0.05) is 11.2 Å². The fourth-order valence-corrected chi connectivity index (χ4v) is 3.13. The molecule has 1 aromatic carbocycles. The Morgan fingerprint density at radius 1 is 1.26 bits per heavy atom. The molecule has 0 spiro atoms. The van der Waals surface area contributed by atoms with Gasteiger partial charge in [0.1, 0.15) is 0 Å². The minimum Gasteiger partial charge on any atom is -0.493 e. The number of benzene rings is 1. The zero-order valence-electron chi connectivity index (χ0n) is 15.4. The van der Waals surface area contributed by atoms with Crippen LogP contribution in [-0.4, -0.2) is 53.5 Å². The molecule has 1 amide bonds. The fourth-order valence-electron chi connectivity index (χ4n) is 3.13. The van der Waals surface area contributed by atoms with Crippen LogP contribution in [-0.2, 0) is 6.42 Å². The Bertz CT molecular complexity index is 809. The summed E-state index contributed by atoms with van der Waals surface area (Å²) >= 11 is 0. The van der Waals surface area contributed by atoms with Crippen LogP contribution >= 0.6 is 0 Å². The highest BCUT2D eigenvalue weighted by atomic mass is 16.5. The van der Waals surface area contributed by atoms with Crippen LogP contribution in [0.3, 0.4) is 0 Å². The first kappa shape index (κ1) is 18.8. The van der Waals surface area contributed by atoms with Gasteiger partial charge in [0.2, 0.25) is 0 Å². The molecule has 8 heteroatoms. The maximum absolute atomic E-state index is 11.0. The number of piperidine rings is 1. The first-order valence-corrected chi connectivity index (χ1v) is 8.79. The molecule has 27 heavy (non-hydrogen) atoms. The Hall–Kier alpha value is -3.03. The number of amides is 1. The molecule has 1 N–H and O–H groups in total. The highest BCUT2D eigenvalue weighted by molar-refractivity contribution is 5.68. The molecule has 3 rings (SSSR count). The van der Waals surface area contributed by atoms with Gasteiger partial charge in [0.25, 0.3) is 5.89 Å². The van der Waals surface area contributed by atoms with Gasteiger partial charge in [0.15, 0.2) is 17.3 Å². The molecule has 1 aliphatic rings. The van der Waals surface area contributed by atoms with E-state index in [0.717, 1.165) is 18.4 Å². The van der Waals surface area contributed by atoms with Crippen molar-refractivity contribution in [2.24, 2.45) is 5.92 Å². The second-order valence-electron chi connectivity index (χ2n) is 6.41. The van der Waals surface area contributed by atoms with E-state index >= 15 is 0 Å². The van der Waals surface area contributed by atoms with Crippen molar-refractivity contribution in [3.8, 4) is 11.5 Å². The predicted molar refractivity (Wildman–Crippen MR) is 98.8 cm³/mol. The third-order valence-corrected chi connectivity index (χ3v) is 4.67. The van der Waals surface area contributed by atoms with Crippen LogP contribution in [0.1, 0.15) is 30.1 Å². The molecule has 8 nitrogen and oxygen atoms in total. The summed E-state index contributed by atoms with van der Waals surface area (Å²) in [5, 5.41) is 13.0. The van der Waals surface area contributed by atoms with Crippen LogP contribution in [0.2, 0.25) is 0 Å². The Labute approximate surface area is 157 Å². The van der Waals surface area contributed by atoms with Crippen LogP contribution in [0.25, 0.3) is 12.2 Å². The molecule has 1 saturated heterocycles. The van der Waals surface area contributed by atoms with Crippen molar-refractivity contribution in [3.05, 3.63) is 35.5 Å². The minimum absolute atomic E-state index is 0.376. The predicted octanol–water partition coefficient (Wildman–Crippen LogP) is 3.19. The number of aromatic nitrogens is 2. The molecule has 2 aromatic rings. The van der Waals surface area contributed by atoms with E-state index in [2.05, 4.69) is 10.1 Å². The third kappa shape index (κ3) is 4.78. The zero-order valence-corrected chi connectivity index (χ0v) is 15.4. The Balaban J connectivity index is 1.58. The minimum atomic E-state index is -0.851. The molecule has 0 aliphatic carbocycles. The normalized spacial score (nSPS) is 15.3. The van der Waals surface area contributed by atoms with Crippen molar-refractivity contribution in [2.75, 3.05) is 27.3 Å². The summed E-state index contributed by atoms with van der Waals surface area (Å²) in [4.78, 5) is 16.8.